The number of pyridine rings is 2. The Kier molecular flexibility index (Phi) is 4.77. The van der Waals surface area contributed by atoms with Gasteiger partial charge < -0.3 is 0 Å². The third-order valence-electron chi connectivity index (χ3n) is 6.54. The molecular formula is C26H22N4. The van der Waals surface area contributed by atoms with E-state index >= 15 is 0 Å². The standard InChI is InChI=1S/C26H22N4/c27-15-21(23-11-1-3-13-29-23)25-17-7-5-9-19(17)26(20-10-6-8-18(20)25)22(16-28)24-12-2-4-14-30-24/h1-4,11-14,21-22H,5-10H2. The molecule has 0 amide bonds. The summed E-state index contributed by atoms with van der Waals surface area (Å²) < 4.78 is 0. The number of hydrogen-bond acceptors (Lipinski definition) is 4. The highest BCUT2D eigenvalue weighted by Crippen LogP contribution is 2.46. The first-order valence-electron chi connectivity index (χ1n) is 10.6. The molecule has 4 nitrogen and oxygen atoms in total. The van der Waals surface area contributed by atoms with Gasteiger partial charge in [-0.2, -0.15) is 10.5 Å². The van der Waals surface area contributed by atoms with Crippen LogP contribution in [0.15, 0.2) is 48.8 Å². The molecule has 2 aromatic heterocycles. The second-order valence-electron chi connectivity index (χ2n) is 8.08. The summed E-state index contributed by atoms with van der Waals surface area (Å²) in [4.78, 5) is 9.03. The monoisotopic (exact) mass is 390 g/mol. The first-order chi connectivity index (χ1) is 14.8. The van der Waals surface area contributed by atoms with Crippen LogP contribution in [0.4, 0.5) is 0 Å². The van der Waals surface area contributed by atoms with Gasteiger partial charge in [-0.1, -0.05) is 12.1 Å². The summed E-state index contributed by atoms with van der Waals surface area (Å²) in [5.41, 5.74) is 9.15. The van der Waals surface area contributed by atoms with Crippen LogP contribution in [-0.2, 0) is 25.7 Å². The molecule has 0 bridgehead atoms. The van der Waals surface area contributed by atoms with E-state index in [-0.39, 0.29) is 11.8 Å². The van der Waals surface area contributed by atoms with Gasteiger partial charge in [0.15, 0.2) is 0 Å². The molecular weight excluding hydrogens is 368 g/mol. The Bertz CT molecular complexity index is 1040. The lowest BCUT2D eigenvalue weighted by atomic mass is 9.78. The molecule has 1 aromatic carbocycles. The first-order valence-corrected chi connectivity index (χ1v) is 10.6. The van der Waals surface area contributed by atoms with Crippen molar-refractivity contribution < 1.29 is 0 Å². The van der Waals surface area contributed by atoms with E-state index in [0.29, 0.717) is 0 Å². The number of benzene rings is 1. The SMILES string of the molecule is N#CC(c1ccccn1)c1c2c(c(C(C#N)c3ccccn3)c3c1CCC3)CCC2. The maximum atomic E-state index is 10.1. The van der Waals surface area contributed by atoms with Crippen LogP contribution in [0.1, 0.15) is 69.4 Å². The van der Waals surface area contributed by atoms with Gasteiger partial charge in [-0.25, -0.2) is 0 Å². The molecule has 0 N–H and O–H groups in total. The van der Waals surface area contributed by atoms with Gasteiger partial charge in [-0.05, 0) is 96.2 Å². The van der Waals surface area contributed by atoms with Crippen molar-refractivity contribution >= 4 is 0 Å². The topological polar surface area (TPSA) is 73.4 Å². The van der Waals surface area contributed by atoms with Crippen LogP contribution in [-0.4, -0.2) is 9.97 Å². The van der Waals surface area contributed by atoms with Crippen LogP contribution in [0.2, 0.25) is 0 Å². The van der Waals surface area contributed by atoms with Crippen LogP contribution in [0.3, 0.4) is 0 Å². The maximum absolute atomic E-state index is 10.1. The molecule has 30 heavy (non-hydrogen) atoms. The Balaban J connectivity index is 1.76. The smallest absolute Gasteiger partial charge is 0.114 e. The predicted molar refractivity (Wildman–Crippen MR) is 114 cm³/mol. The molecule has 2 heterocycles. The van der Waals surface area contributed by atoms with Crippen molar-refractivity contribution in [3.63, 3.8) is 0 Å². The van der Waals surface area contributed by atoms with E-state index in [9.17, 15) is 10.5 Å². The van der Waals surface area contributed by atoms with E-state index in [0.717, 1.165) is 49.9 Å². The quantitative estimate of drug-likeness (QED) is 0.643. The van der Waals surface area contributed by atoms with Gasteiger partial charge in [0, 0.05) is 12.4 Å². The molecule has 0 aliphatic heterocycles. The lowest BCUT2D eigenvalue weighted by Crippen LogP contribution is -2.14. The summed E-state index contributed by atoms with van der Waals surface area (Å²) in [5.74, 6) is -0.705. The summed E-state index contributed by atoms with van der Waals surface area (Å²) in [7, 11) is 0. The number of nitriles is 2. The second kappa shape index (κ2) is 7.73. The highest BCUT2D eigenvalue weighted by Gasteiger charge is 2.35. The van der Waals surface area contributed by atoms with Crippen LogP contribution >= 0.6 is 0 Å². The van der Waals surface area contributed by atoms with Crippen LogP contribution < -0.4 is 0 Å². The first kappa shape index (κ1) is 18.5. The lowest BCUT2D eigenvalue weighted by Gasteiger charge is -2.24. The Morgan fingerprint density at radius 2 is 1.03 bits per heavy atom. The predicted octanol–water partition coefficient (Wildman–Crippen LogP) is 4.76. The van der Waals surface area contributed by atoms with Crippen molar-refractivity contribution in [2.75, 3.05) is 0 Å². The van der Waals surface area contributed by atoms with Crippen molar-refractivity contribution in [3.8, 4) is 12.1 Å². The van der Waals surface area contributed by atoms with Gasteiger partial charge in [-0.3, -0.25) is 9.97 Å². The Morgan fingerprint density at radius 3 is 1.33 bits per heavy atom. The molecule has 2 atom stereocenters. The number of fused-ring (bicyclic) bond motifs is 2. The van der Waals surface area contributed by atoms with Crippen molar-refractivity contribution in [3.05, 3.63) is 93.6 Å². The molecule has 2 aliphatic rings. The average molecular weight is 390 g/mol. The summed E-state index contributed by atoms with van der Waals surface area (Å²) in [6.07, 6.45) is 9.54. The molecule has 0 spiro atoms. The average Bonchev–Trinajstić information content (AvgIpc) is 3.47. The minimum absolute atomic E-state index is 0.352. The molecule has 0 radical (unpaired) electrons. The van der Waals surface area contributed by atoms with Gasteiger partial charge in [0.25, 0.3) is 0 Å². The van der Waals surface area contributed by atoms with Crippen LogP contribution in [0.25, 0.3) is 0 Å². The number of rotatable bonds is 4. The maximum Gasteiger partial charge on any atom is 0.114 e. The van der Waals surface area contributed by atoms with Gasteiger partial charge in [0.05, 0.1) is 23.5 Å². The zero-order valence-corrected chi connectivity index (χ0v) is 16.8. The minimum atomic E-state index is -0.352. The fraction of sp³-hybridized carbons (Fsp3) is 0.308. The minimum Gasteiger partial charge on any atom is -0.260 e. The highest BCUT2D eigenvalue weighted by atomic mass is 14.7. The van der Waals surface area contributed by atoms with Crippen molar-refractivity contribution in [1.29, 1.82) is 10.5 Å². The van der Waals surface area contributed by atoms with E-state index in [1.165, 1.54) is 33.4 Å². The molecule has 0 fully saturated rings. The third-order valence-corrected chi connectivity index (χ3v) is 6.54. The largest absolute Gasteiger partial charge is 0.260 e. The lowest BCUT2D eigenvalue weighted by molar-refractivity contribution is 0.862. The zero-order valence-electron chi connectivity index (χ0n) is 16.8. The van der Waals surface area contributed by atoms with Gasteiger partial charge in [-0.15, -0.1) is 0 Å². The van der Waals surface area contributed by atoms with Crippen LogP contribution in [0, 0.1) is 22.7 Å². The van der Waals surface area contributed by atoms with E-state index in [1.807, 2.05) is 36.4 Å². The van der Waals surface area contributed by atoms with E-state index in [2.05, 4.69) is 22.1 Å². The molecule has 4 heteroatoms. The second-order valence-corrected chi connectivity index (χ2v) is 8.08. The van der Waals surface area contributed by atoms with Crippen molar-refractivity contribution in [1.82, 2.24) is 9.97 Å². The third kappa shape index (κ3) is 2.88. The molecule has 0 saturated heterocycles. The Labute approximate surface area is 176 Å². The van der Waals surface area contributed by atoms with Gasteiger partial charge in [0.2, 0.25) is 0 Å². The summed E-state index contributed by atoms with van der Waals surface area (Å²) >= 11 is 0. The van der Waals surface area contributed by atoms with E-state index in [1.54, 1.807) is 12.4 Å². The van der Waals surface area contributed by atoms with E-state index in [4.69, 9.17) is 0 Å². The normalized spacial score (nSPS) is 16.2. The molecule has 146 valence electrons. The fourth-order valence-corrected chi connectivity index (χ4v) is 5.39. The van der Waals surface area contributed by atoms with Gasteiger partial charge >= 0.3 is 0 Å². The molecule has 2 unspecified atom stereocenters. The number of nitrogens with zero attached hydrogens (tertiary/aromatic N) is 4. The number of aromatic nitrogens is 2. The summed E-state index contributed by atoms with van der Waals surface area (Å²) in [6.45, 7) is 0. The van der Waals surface area contributed by atoms with Crippen molar-refractivity contribution in [2.45, 2.75) is 50.4 Å². The molecule has 5 rings (SSSR count). The van der Waals surface area contributed by atoms with E-state index < -0.39 is 0 Å². The molecule has 0 saturated carbocycles. The van der Waals surface area contributed by atoms with Gasteiger partial charge in [0.1, 0.15) is 11.8 Å². The number of hydrogen-bond donors (Lipinski definition) is 0. The molecule has 3 aromatic rings. The van der Waals surface area contributed by atoms with Crippen LogP contribution in [0.5, 0.6) is 0 Å². The highest BCUT2D eigenvalue weighted by molar-refractivity contribution is 5.62. The molecule has 2 aliphatic carbocycles. The summed E-state index contributed by atoms with van der Waals surface area (Å²) in [6, 6.07) is 16.7. The zero-order chi connectivity index (χ0) is 20.5. The Hall–Kier alpha value is -3.50. The Morgan fingerprint density at radius 1 is 0.633 bits per heavy atom. The summed E-state index contributed by atoms with van der Waals surface area (Å²) in [5, 5.41) is 20.3. The fourth-order valence-electron chi connectivity index (χ4n) is 5.39. The van der Waals surface area contributed by atoms with Crippen molar-refractivity contribution in [2.24, 2.45) is 0 Å².